The highest BCUT2D eigenvalue weighted by Gasteiger charge is 2.35. The maximum absolute atomic E-state index is 13.8. The molecule has 0 spiro atoms. The summed E-state index contributed by atoms with van der Waals surface area (Å²) >= 11 is 0. The number of aromatic nitrogens is 3. The van der Waals surface area contributed by atoms with Gasteiger partial charge >= 0.3 is 0 Å². The molecule has 1 amide bonds. The predicted molar refractivity (Wildman–Crippen MR) is 163 cm³/mol. The number of nitrogens with zero attached hydrogens (tertiary/aromatic N) is 5. The average molecular weight is 571 g/mol. The Bertz CT molecular complexity index is 1490. The maximum atomic E-state index is 13.8. The summed E-state index contributed by atoms with van der Waals surface area (Å²) in [5, 5.41) is 7.74. The van der Waals surface area contributed by atoms with Crippen LogP contribution in [0.2, 0.25) is 0 Å². The first-order chi connectivity index (χ1) is 20.3. The molecule has 2 aromatic rings. The molecule has 0 bridgehead atoms. The number of carbonyl (C=O) groups is 1. The van der Waals surface area contributed by atoms with Gasteiger partial charge in [-0.15, -0.1) is 0 Å². The van der Waals surface area contributed by atoms with Gasteiger partial charge in [0.15, 0.2) is 0 Å². The molecule has 3 N–H and O–H groups in total. The van der Waals surface area contributed by atoms with Crippen LogP contribution in [0.5, 0.6) is 0 Å². The van der Waals surface area contributed by atoms with Gasteiger partial charge in [-0.05, 0) is 94.1 Å². The molecule has 3 atom stereocenters. The Morgan fingerprint density at radius 1 is 1.17 bits per heavy atom. The van der Waals surface area contributed by atoms with Crippen LogP contribution in [0, 0.1) is 11.8 Å². The summed E-state index contributed by atoms with van der Waals surface area (Å²) in [5.74, 6) is 0.775. The summed E-state index contributed by atoms with van der Waals surface area (Å²) in [6.45, 7) is 4.84. The van der Waals surface area contributed by atoms with Gasteiger partial charge in [-0.3, -0.25) is 20.2 Å². The van der Waals surface area contributed by atoms with E-state index in [9.17, 15) is 9.18 Å². The molecule has 4 heterocycles. The van der Waals surface area contributed by atoms with E-state index >= 15 is 0 Å². The lowest BCUT2D eigenvalue weighted by Crippen LogP contribution is -2.34. The number of halogens is 1. The minimum Gasteiger partial charge on any atom is -0.356 e. The molecule has 3 unspecified atom stereocenters. The highest BCUT2D eigenvalue weighted by atomic mass is 19.1. The van der Waals surface area contributed by atoms with E-state index in [2.05, 4.69) is 51.5 Å². The molecule has 4 aliphatic rings. The van der Waals surface area contributed by atoms with E-state index < -0.39 is 0 Å². The summed E-state index contributed by atoms with van der Waals surface area (Å²) in [7, 11) is 2.18. The molecule has 9 heteroatoms. The quantitative estimate of drug-likeness (QED) is 0.363. The van der Waals surface area contributed by atoms with Crippen LogP contribution >= 0.6 is 0 Å². The predicted octanol–water partition coefficient (Wildman–Crippen LogP) is 4.38. The number of fused-ring (bicyclic) bond motifs is 2. The summed E-state index contributed by atoms with van der Waals surface area (Å²) in [6.07, 6.45) is 22.1. The number of nitrogens with one attached hydrogen (secondary N) is 1. The number of amides is 1. The number of allylic oxidation sites excluding steroid dienone is 3. The highest BCUT2D eigenvalue weighted by molar-refractivity contribution is 5.83. The van der Waals surface area contributed by atoms with Crippen molar-refractivity contribution in [3.8, 4) is 11.1 Å². The van der Waals surface area contributed by atoms with Crippen molar-refractivity contribution in [3.05, 3.63) is 77.8 Å². The monoisotopic (exact) mass is 570 g/mol. The molecule has 6 rings (SSSR count). The van der Waals surface area contributed by atoms with Crippen molar-refractivity contribution in [2.45, 2.75) is 57.5 Å². The fourth-order valence-electron chi connectivity index (χ4n) is 6.54. The summed E-state index contributed by atoms with van der Waals surface area (Å²) in [6, 6.07) is 2.56. The summed E-state index contributed by atoms with van der Waals surface area (Å²) < 4.78 is 17.9. The number of likely N-dealkylation sites (tertiary alicyclic amines) is 1. The molecular weight excluding hydrogens is 529 g/mol. The zero-order chi connectivity index (χ0) is 29.2. The van der Waals surface area contributed by atoms with Gasteiger partial charge in [-0.1, -0.05) is 12.2 Å². The van der Waals surface area contributed by atoms with Crippen LogP contribution in [0.1, 0.15) is 56.3 Å². The van der Waals surface area contributed by atoms with Gasteiger partial charge in [0.2, 0.25) is 11.7 Å². The highest BCUT2D eigenvalue weighted by Crippen LogP contribution is 2.32. The second kappa shape index (κ2) is 12.2. The Morgan fingerprint density at radius 3 is 2.83 bits per heavy atom. The minimum absolute atomic E-state index is 0.0228. The first-order valence-corrected chi connectivity index (χ1v) is 15.1. The number of hydrogen-bond donors (Lipinski definition) is 2. The molecule has 1 saturated heterocycles. The minimum atomic E-state index is -0.250. The van der Waals surface area contributed by atoms with Crippen LogP contribution < -0.4 is 11.1 Å². The first kappa shape index (κ1) is 28.3. The normalized spacial score (nSPS) is 25.1. The molecule has 2 aliphatic heterocycles. The molecule has 2 aromatic heterocycles. The van der Waals surface area contributed by atoms with Crippen molar-refractivity contribution in [1.29, 1.82) is 0 Å². The van der Waals surface area contributed by atoms with Crippen LogP contribution in [-0.4, -0.2) is 68.7 Å². The van der Waals surface area contributed by atoms with Gasteiger partial charge in [0, 0.05) is 42.4 Å². The lowest BCUT2D eigenvalue weighted by Gasteiger charge is -2.28. The summed E-state index contributed by atoms with van der Waals surface area (Å²) in [4.78, 5) is 19.7. The topological polar surface area (TPSA) is 92.1 Å². The van der Waals surface area contributed by atoms with Crippen molar-refractivity contribution < 1.29 is 13.8 Å². The standard InChI is InChI=1S/C33H40FN7O/c1-22-20-40(31-17-27(34)4-5-29(22)31)32(35)7-8-33(42)36-12-9-23-3-6-30-24(15-23)16-25(18-37-30)26-19-38-41(21-26)28-10-13-39(2)14-11-28/h3-6,16-21,23,28-29,31,35H,7-15H2,1-2H3,(H,36,42)/p+1. The third kappa shape index (κ3) is 6.16. The fourth-order valence-corrected chi connectivity index (χ4v) is 6.54. The van der Waals surface area contributed by atoms with Crippen LogP contribution in [0.25, 0.3) is 17.2 Å². The van der Waals surface area contributed by atoms with E-state index in [0.717, 1.165) is 61.2 Å². The largest absolute Gasteiger partial charge is 0.356 e. The van der Waals surface area contributed by atoms with Crippen molar-refractivity contribution in [3.63, 3.8) is 0 Å². The van der Waals surface area contributed by atoms with Crippen LogP contribution in [-0.2, 0) is 11.2 Å². The number of hydrogen-bond acceptors (Lipinski definition) is 4. The lowest BCUT2D eigenvalue weighted by atomic mass is 9.89. The SMILES string of the molecule is CC1=C[N+](=C(N)CCC(=O)NCCC2C=Cc3ncc(-c4cnn(C5CCN(C)CC5)c4)cc3C2)C2C=C(F)C=CC12. The van der Waals surface area contributed by atoms with Crippen LogP contribution in [0.4, 0.5) is 4.39 Å². The van der Waals surface area contributed by atoms with Gasteiger partial charge in [-0.2, -0.15) is 5.10 Å². The zero-order valence-electron chi connectivity index (χ0n) is 24.5. The van der Waals surface area contributed by atoms with E-state index in [0.29, 0.717) is 37.2 Å². The van der Waals surface area contributed by atoms with Crippen LogP contribution in [0.3, 0.4) is 0 Å². The number of rotatable bonds is 8. The van der Waals surface area contributed by atoms with Crippen molar-refractivity contribution >= 4 is 17.8 Å². The van der Waals surface area contributed by atoms with Gasteiger partial charge in [0.25, 0.3) is 0 Å². The smallest absolute Gasteiger partial charge is 0.248 e. The number of amidine groups is 1. The van der Waals surface area contributed by atoms with E-state index in [1.54, 1.807) is 6.08 Å². The van der Waals surface area contributed by atoms with Crippen LogP contribution in [0.15, 0.2) is 66.6 Å². The Hall–Kier alpha value is -3.85. The third-order valence-electron chi connectivity index (χ3n) is 9.13. The maximum Gasteiger partial charge on any atom is 0.248 e. The molecule has 1 fully saturated rings. The lowest BCUT2D eigenvalue weighted by molar-refractivity contribution is -0.483. The molecular formula is C33H41FN7O+. The Kier molecular flexibility index (Phi) is 8.20. The first-order valence-electron chi connectivity index (χ1n) is 15.1. The molecule has 2 aliphatic carbocycles. The molecule has 0 aromatic carbocycles. The zero-order valence-corrected chi connectivity index (χ0v) is 24.5. The van der Waals surface area contributed by atoms with E-state index in [-0.39, 0.29) is 23.7 Å². The Morgan fingerprint density at radius 2 is 2.00 bits per heavy atom. The molecule has 8 nitrogen and oxygen atoms in total. The van der Waals surface area contributed by atoms with E-state index in [1.165, 1.54) is 11.6 Å². The summed E-state index contributed by atoms with van der Waals surface area (Å²) in [5.41, 5.74) is 11.9. The van der Waals surface area contributed by atoms with Gasteiger partial charge in [0.1, 0.15) is 11.9 Å². The van der Waals surface area contributed by atoms with Crippen molar-refractivity contribution in [2.75, 3.05) is 26.7 Å². The number of nitrogens with two attached hydrogens (primary N) is 1. The van der Waals surface area contributed by atoms with E-state index in [4.69, 9.17) is 10.7 Å². The number of piperidine rings is 1. The average Bonchev–Trinajstić information content (AvgIpc) is 3.61. The van der Waals surface area contributed by atoms with Gasteiger partial charge in [-0.25, -0.2) is 8.97 Å². The van der Waals surface area contributed by atoms with Crippen molar-refractivity contribution in [2.24, 2.45) is 17.6 Å². The Balaban J connectivity index is 0.988. The molecule has 0 radical (unpaired) electrons. The third-order valence-corrected chi connectivity index (χ3v) is 9.13. The molecule has 220 valence electrons. The molecule has 0 saturated carbocycles. The van der Waals surface area contributed by atoms with Gasteiger partial charge < -0.3 is 10.2 Å². The number of pyridine rings is 1. The Labute approximate surface area is 247 Å². The second-order valence-corrected chi connectivity index (χ2v) is 12.2. The fraction of sp³-hybridized carbons (Fsp3) is 0.455. The molecule has 42 heavy (non-hydrogen) atoms. The number of carbonyl (C=O) groups excluding carboxylic acids is 1. The second-order valence-electron chi connectivity index (χ2n) is 12.2. The van der Waals surface area contributed by atoms with Crippen molar-refractivity contribution in [1.82, 2.24) is 25.0 Å². The van der Waals surface area contributed by atoms with Gasteiger partial charge in [0.05, 0.1) is 30.6 Å². The van der Waals surface area contributed by atoms with E-state index in [1.807, 2.05) is 36.2 Å².